The molecule has 0 aliphatic carbocycles. The molecule has 0 amide bonds. The van der Waals surface area contributed by atoms with Crippen molar-refractivity contribution < 1.29 is 0 Å². The topological polar surface area (TPSA) is 31.1 Å². The van der Waals surface area contributed by atoms with Crippen molar-refractivity contribution in [3.8, 4) is 0 Å². The minimum absolute atomic E-state index is 0. The largest absolute Gasteiger partial charge is 0.361 e. The molecule has 5 heteroatoms. The Hall–Kier alpha value is -0.740. The second-order valence-corrected chi connectivity index (χ2v) is 5.03. The van der Waals surface area contributed by atoms with Crippen LogP contribution in [0, 0.1) is 0 Å². The Kier molecular flexibility index (Phi) is 6.83. The summed E-state index contributed by atoms with van der Waals surface area (Å²) in [5.41, 5.74) is 2.69. The molecule has 0 bridgehead atoms. The van der Waals surface area contributed by atoms with Crippen molar-refractivity contribution in [2.45, 2.75) is 19.4 Å². The predicted octanol–water partition coefficient (Wildman–Crippen LogP) is 3.37. The van der Waals surface area contributed by atoms with E-state index >= 15 is 0 Å². The van der Waals surface area contributed by atoms with E-state index < -0.39 is 0 Å². The lowest BCUT2D eigenvalue weighted by Gasteiger charge is -2.34. The second kappa shape index (κ2) is 7.89. The van der Waals surface area contributed by atoms with Crippen molar-refractivity contribution >= 4 is 35.7 Å². The van der Waals surface area contributed by atoms with Crippen LogP contribution in [0.25, 0.3) is 10.9 Å². The van der Waals surface area contributed by atoms with Crippen LogP contribution < -0.4 is 5.32 Å². The molecule has 1 aromatic carbocycles. The number of nitrogens with one attached hydrogen (secondary N) is 2. The summed E-state index contributed by atoms with van der Waals surface area (Å²) in [5, 5.41) is 4.72. The Morgan fingerprint density at radius 3 is 2.60 bits per heavy atom. The zero-order chi connectivity index (χ0) is 12.4. The van der Waals surface area contributed by atoms with Gasteiger partial charge < -0.3 is 10.3 Å². The summed E-state index contributed by atoms with van der Waals surface area (Å²) in [6.45, 7) is 6.82. The van der Waals surface area contributed by atoms with Crippen LogP contribution in [0.2, 0.25) is 0 Å². The van der Waals surface area contributed by atoms with Crippen molar-refractivity contribution in [3.63, 3.8) is 0 Å². The number of benzene rings is 1. The van der Waals surface area contributed by atoms with E-state index in [-0.39, 0.29) is 24.8 Å². The third-order valence-electron chi connectivity index (χ3n) is 3.94. The first-order chi connectivity index (χ1) is 8.88. The summed E-state index contributed by atoms with van der Waals surface area (Å²) in [6.07, 6.45) is 3.19. The number of H-pyrrole nitrogens is 1. The molecular weight excluding hydrogens is 293 g/mol. The fourth-order valence-corrected chi connectivity index (χ4v) is 2.97. The predicted molar refractivity (Wildman–Crippen MR) is 90.3 cm³/mol. The molecule has 1 aliphatic rings. The number of nitrogens with zero attached hydrogens (tertiary/aromatic N) is 1. The van der Waals surface area contributed by atoms with Crippen LogP contribution in [-0.2, 0) is 0 Å². The molecule has 1 aromatic heterocycles. The SMILES string of the molecule is CC[C@H](c1ccc2cc[nH]c2c1)N1CCNCC1.Cl.Cl. The number of fused-ring (bicyclic) bond motifs is 1. The maximum absolute atomic E-state index is 3.42. The van der Waals surface area contributed by atoms with Gasteiger partial charge in [-0.05, 0) is 29.5 Å². The van der Waals surface area contributed by atoms with Crippen LogP contribution in [0.15, 0.2) is 30.5 Å². The number of hydrogen-bond donors (Lipinski definition) is 2. The molecule has 0 unspecified atom stereocenters. The molecule has 1 fully saturated rings. The summed E-state index contributed by atoms with van der Waals surface area (Å²) in [7, 11) is 0. The molecule has 2 N–H and O–H groups in total. The highest BCUT2D eigenvalue weighted by atomic mass is 35.5. The van der Waals surface area contributed by atoms with Gasteiger partial charge >= 0.3 is 0 Å². The van der Waals surface area contributed by atoms with Crippen molar-refractivity contribution in [3.05, 3.63) is 36.0 Å². The van der Waals surface area contributed by atoms with Crippen LogP contribution >= 0.6 is 24.8 Å². The van der Waals surface area contributed by atoms with Gasteiger partial charge in [-0.25, -0.2) is 0 Å². The molecule has 0 saturated carbocycles. The lowest BCUT2D eigenvalue weighted by atomic mass is 10.0. The van der Waals surface area contributed by atoms with Gasteiger partial charge in [0, 0.05) is 43.9 Å². The lowest BCUT2D eigenvalue weighted by molar-refractivity contribution is 0.169. The van der Waals surface area contributed by atoms with Gasteiger partial charge in [-0.15, -0.1) is 24.8 Å². The van der Waals surface area contributed by atoms with Gasteiger partial charge in [0.1, 0.15) is 0 Å². The zero-order valence-corrected chi connectivity index (χ0v) is 13.4. The molecular formula is C15H23Cl2N3. The molecule has 3 rings (SSSR count). The van der Waals surface area contributed by atoms with E-state index in [0.717, 1.165) is 26.2 Å². The van der Waals surface area contributed by atoms with Gasteiger partial charge in [-0.1, -0.05) is 19.1 Å². The normalized spacial score (nSPS) is 17.2. The fraction of sp³-hybridized carbons (Fsp3) is 0.467. The average molecular weight is 316 g/mol. The smallest absolute Gasteiger partial charge is 0.0457 e. The average Bonchev–Trinajstić information content (AvgIpc) is 2.88. The first-order valence-corrected chi connectivity index (χ1v) is 6.90. The Labute approximate surface area is 132 Å². The Morgan fingerprint density at radius 2 is 1.90 bits per heavy atom. The van der Waals surface area contributed by atoms with Crippen molar-refractivity contribution in [2.24, 2.45) is 0 Å². The first kappa shape index (κ1) is 17.3. The monoisotopic (exact) mass is 315 g/mol. The van der Waals surface area contributed by atoms with Crippen molar-refractivity contribution in [1.82, 2.24) is 15.2 Å². The van der Waals surface area contributed by atoms with Gasteiger partial charge in [0.15, 0.2) is 0 Å². The van der Waals surface area contributed by atoms with Crippen LogP contribution in [0.5, 0.6) is 0 Å². The Bertz CT molecular complexity index is 521. The summed E-state index contributed by atoms with van der Waals surface area (Å²) in [6, 6.07) is 9.51. The van der Waals surface area contributed by atoms with Crippen LogP contribution in [-0.4, -0.2) is 36.1 Å². The molecule has 3 nitrogen and oxygen atoms in total. The first-order valence-electron chi connectivity index (χ1n) is 6.90. The van der Waals surface area contributed by atoms with Crippen LogP contribution in [0.3, 0.4) is 0 Å². The highest BCUT2D eigenvalue weighted by molar-refractivity contribution is 5.85. The van der Waals surface area contributed by atoms with Gasteiger partial charge in [0.25, 0.3) is 0 Å². The number of rotatable bonds is 3. The molecule has 0 spiro atoms. The van der Waals surface area contributed by atoms with E-state index in [2.05, 4.69) is 46.4 Å². The van der Waals surface area contributed by atoms with Gasteiger partial charge in [0.05, 0.1) is 0 Å². The second-order valence-electron chi connectivity index (χ2n) is 5.03. The third-order valence-corrected chi connectivity index (χ3v) is 3.94. The Morgan fingerprint density at radius 1 is 1.15 bits per heavy atom. The molecule has 112 valence electrons. The van der Waals surface area contributed by atoms with Gasteiger partial charge in [0.2, 0.25) is 0 Å². The van der Waals surface area contributed by atoms with E-state index in [1.54, 1.807) is 0 Å². The summed E-state index contributed by atoms with van der Waals surface area (Å²) < 4.78 is 0. The third kappa shape index (κ3) is 3.47. The highest BCUT2D eigenvalue weighted by Gasteiger charge is 2.20. The minimum Gasteiger partial charge on any atom is -0.361 e. The molecule has 0 radical (unpaired) electrons. The molecule has 1 saturated heterocycles. The molecule has 1 atom stereocenters. The van der Waals surface area contributed by atoms with Crippen LogP contribution in [0.4, 0.5) is 0 Å². The minimum atomic E-state index is 0. The lowest BCUT2D eigenvalue weighted by Crippen LogP contribution is -2.45. The van der Waals surface area contributed by atoms with E-state index in [4.69, 9.17) is 0 Å². The van der Waals surface area contributed by atoms with E-state index in [9.17, 15) is 0 Å². The number of aromatic amines is 1. The quantitative estimate of drug-likeness (QED) is 0.910. The van der Waals surface area contributed by atoms with Crippen LogP contribution in [0.1, 0.15) is 24.9 Å². The Balaban J connectivity index is 0.000001000. The van der Waals surface area contributed by atoms with E-state index in [0.29, 0.717) is 6.04 Å². The summed E-state index contributed by atoms with van der Waals surface area (Å²) >= 11 is 0. The highest BCUT2D eigenvalue weighted by Crippen LogP contribution is 2.27. The number of hydrogen-bond acceptors (Lipinski definition) is 2. The molecule has 2 aromatic rings. The van der Waals surface area contributed by atoms with Crippen molar-refractivity contribution in [2.75, 3.05) is 26.2 Å². The van der Waals surface area contributed by atoms with E-state index in [1.165, 1.54) is 22.9 Å². The maximum atomic E-state index is 3.42. The number of piperazine rings is 1. The molecule has 1 aliphatic heterocycles. The number of halogens is 2. The summed E-state index contributed by atoms with van der Waals surface area (Å²) in [5.74, 6) is 0. The summed E-state index contributed by atoms with van der Waals surface area (Å²) in [4.78, 5) is 5.91. The van der Waals surface area contributed by atoms with Crippen molar-refractivity contribution in [1.29, 1.82) is 0 Å². The maximum Gasteiger partial charge on any atom is 0.0457 e. The molecule has 20 heavy (non-hydrogen) atoms. The van der Waals surface area contributed by atoms with Gasteiger partial charge in [-0.2, -0.15) is 0 Å². The van der Waals surface area contributed by atoms with E-state index in [1.807, 2.05) is 6.20 Å². The fourth-order valence-electron chi connectivity index (χ4n) is 2.97. The standard InChI is InChI=1S/C15H21N3.2ClH/c1-2-15(18-9-7-16-8-10-18)13-4-3-12-5-6-17-14(12)11-13;;/h3-6,11,15-17H,2,7-10H2,1H3;2*1H/t15-;;/m1../s1. The molecule has 2 heterocycles. The zero-order valence-electron chi connectivity index (χ0n) is 11.8. The number of aromatic nitrogens is 1. The van der Waals surface area contributed by atoms with Gasteiger partial charge in [-0.3, -0.25) is 4.90 Å².